The van der Waals surface area contributed by atoms with Gasteiger partial charge in [-0.25, -0.2) is 0 Å². The highest BCUT2D eigenvalue weighted by Gasteiger charge is 2.09. The Kier molecular flexibility index (Phi) is 6.04. The zero-order chi connectivity index (χ0) is 15.0. The van der Waals surface area contributed by atoms with Crippen molar-refractivity contribution in [1.82, 2.24) is 0 Å². The van der Waals surface area contributed by atoms with E-state index in [4.69, 9.17) is 10.00 Å². The molecule has 1 aromatic rings. The zero-order valence-corrected chi connectivity index (χ0v) is 11.5. The van der Waals surface area contributed by atoms with E-state index in [0.29, 0.717) is 23.5 Å². The minimum atomic E-state index is -0.391. The number of nitriles is 1. The molecule has 0 saturated carbocycles. The number of nitrogens with one attached hydrogen (secondary N) is 2. The topological polar surface area (TPSA) is 91.2 Å². The summed E-state index contributed by atoms with van der Waals surface area (Å²) < 4.78 is 5.18. The fourth-order valence-corrected chi connectivity index (χ4v) is 1.59. The van der Waals surface area contributed by atoms with Gasteiger partial charge in [0, 0.05) is 18.2 Å². The molecule has 0 aromatic heterocycles. The van der Waals surface area contributed by atoms with Crippen molar-refractivity contribution in [3.05, 3.63) is 18.2 Å². The van der Waals surface area contributed by atoms with Gasteiger partial charge >= 0.3 is 0 Å². The van der Waals surface area contributed by atoms with Crippen LogP contribution in [0.4, 0.5) is 11.4 Å². The largest absolute Gasteiger partial charge is 0.494 e. The maximum Gasteiger partial charge on any atom is 0.238 e. The number of methoxy groups -OCH3 is 1. The molecule has 0 aliphatic carbocycles. The average molecular weight is 275 g/mol. The van der Waals surface area contributed by atoms with Crippen molar-refractivity contribution in [2.75, 3.05) is 17.7 Å². The molecule has 1 rings (SSSR count). The third-order valence-electron chi connectivity index (χ3n) is 2.48. The van der Waals surface area contributed by atoms with Crippen LogP contribution in [-0.4, -0.2) is 18.9 Å². The van der Waals surface area contributed by atoms with Crippen LogP contribution in [0.3, 0.4) is 0 Å². The van der Waals surface area contributed by atoms with Gasteiger partial charge < -0.3 is 15.4 Å². The summed E-state index contributed by atoms with van der Waals surface area (Å²) in [6.07, 6.45) is 0.984. The van der Waals surface area contributed by atoms with Crippen molar-refractivity contribution in [3.63, 3.8) is 0 Å². The normalized spacial score (nSPS) is 9.45. The molecule has 2 amide bonds. The van der Waals surface area contributed by atoms with E-state index in [9.17, 15) is 9.59 Å². The summed E-state index contributed by atoms with van der Waals surface area (Å²) in [6, 6.07) is 6.65. The van der Waals surface area contributed by atoms with E-state index < -0.39 is 5.91 Å². The van der Waals surface area contributed by atoms with Crippen LogP contribution in [0.1, 0.15) is 26.2 Å². The lowest BCUT2D eigenvalue weighted by Crippen LogP contribution is -2.13. The molecule has 0 fully saturated rings. The number of benzene rings is 1. The lowest BCUT2D eigenvalue weighted by molar-refractivity contribution is -0.116. The maximum absolute atomic E-state index is 11.6. The van der Waals surface area contributed by atoms with Crippen LogP contribution in [0.25, 0.3) is 0 Å². The van der Waals surface area contributed by atoms with Crippen molar-refractivity contribution >= 4 is 23.2 Å². The Bertz CT molecular complexity index is 535. The molecule has 0 aliphatic rings. The molecule has 0 aliphatic heterocycles. The van der Waals surface area contributed by atoms with Gasteiger partial charge in [-0.15, -0.1) is 0 Å². The molecule has 0 heterocycles. The van der Waals surface area contributed by atoms with E-state index in [0.717, 1.165) is 6.42 Å². The molecular formula is C14H17N3O3. The highest BCUT2D eigenvalue weighted by atomic mass is 16.5. The molecule has 0 atom stereocenters. The van der Waals surface area contributed by atoms with Gasteiger partial charge in [0.05, 0.1) is 18.9 Å². The first-order valence-corrected chi connectivity index (χ1v) is 6.25. The first-order chi connectivity index (χ1) is 9.60. The van der Waals surface area contributed by atoms with Crippen LogP contribution < -0.4 is 15.4 Å². The van der Waals surface area contributed by atoms with Gasteiger partial charge in [-0.05, 0) is 18.6 Å². The predicted octanol–water partition coefficient (Wildman–Crippen LogP) is 2.29. The third kappa shape index (κ3) is 4.61. The van der Waals surface area contributed by atoms with Crippen LogP contribution in [0.2, 0.25) is 0 Å². The molecule has 6 heteroatoms. The Hall–Kier alpha value is -2.55. The number of hydrogen-bond acceptors (Lipinski definition) is 4. The smallest absolute Gasteiger partial charge is 0.238 e. The van der Waals surface area contributed by atoms with Gasteiger partial charge in [-0.2, -0.15) is 5.26 Å². The van der Waals surface area contributed by atoms with Crippen molar-refractivity contribution in [1.29, 1.82) is 5.26 Å². The van der Waals surface area contributed by atoms with E-state index in [1.807, 2.05) is 6.92 Å². The third-order valence-corrected chi connectivity index (χ3v) is 2.48. The summed E-state index contributed by atoms with van der Waals surface area (Å²) in [5.74, 6) is -0.0337. The number of carbonyl (C=O) groups excluding carboxylic acids is 2. The molecule has 20 heavy (non-hydrogen) atoms. The number of carbonyl (C=O) groups is 2. The summed E-state index contributed by atoms with van der Waals surface area (Å²) in [5, 5.41) is 13.7. The first-order valence-electron chi connectivity index (χ1n) is 6.25. The van der Waals surface area contributed by atoms with E-state index in [1.165, 1.54) is 7.11 Å². The van der Waals surface area contributed by atoms with Gasteiger partial charge in [-0.1, -0.05) is 6.92 Å². The number of rotatable bonds is 6. The van der Waals surface area contributed by atoms with Gasteiger partial charge in [-0.3, -0.25) is 9.59 Å². The molecular weight excluding hydrogens is 258 g/mol. The summed E-state index contributed by atoms with van der Waals surface area (Å²) in [6.45, 7) is 1.92. The Morgan fingerprint density at radius 2 is 2.05 bits per heavy atom. The number of anilines is 2. The number of nitrogens with zero attached hydrogens (tertiary/aromatic N) is 1. The molecule has 0 saturated heterocycles. The fraction of sp³-hybridized carbons (Fsp3) is 0.357. The highest BCUT2D eigenvalue weighted by Crippen LogP contribution is 2.28. The molecule has 106 valence electrons. The minimum Gasteiger partial charge on any atom is -0.494 e. The van der Waals surface area contributed by atoms with Crippen molar-refractivity contribution in [3.8, 4) is 11.8 Å². The van der Waals surface area contributed by atoms with E-state index in [-0.39, 0.29) is 12.3 Å². The van der Waals surface area contributed by atoms with Crippen LogP contribution in [0.15, 0.2) is 18.2 Å². The van der Waals surface area contributed by atoms with E-state index in [1.54, 1.807) is 24.3 Å². The van der Waals surface area contributed by atoms with Crippen LogP contribution in [0.5, 0.6) is 5.75 Å². The van der Waals surface area contributed by atoms with E-state index in [2.05, 4.69) is 10.6 Å². The highest BCUT2D eigenvalue weighted by molar-refractivity contribution is 5.95. The molecule has 0 bridgehead atoms. The minimum absolute atomic E-state index is 0.0907. The Morgan fingerprint density at radius 3 is 2.65 bits per heavy atom. The molecule has 2 N–H and O–H groups in total. The van der Waals surface area contributed by atoms with Crippen LogP contribution in [-0.2, 0) is 9.59 Å². The second-order valence-electron chi connectivity index (χ2n) is 4.10. The maximum atomic E-state index is 11.6. The molecule has 0 spiro atoms. The van der Waals surface area contributed by atoms with Crippen molar-refractivity contribution < 1.29 is 14.3 Å². The number of hydrogen-bond donors (Lipinski definition) is 2. The summed E-state index contributed by atoms with van der Waals surface area (Å²) in [4.78, 5) is 22.9. The number of amides is 2. The molecule has 1 aromatic carbocycles. The summed E-state index contributed by atoms with van der Waals surface area (Å²) in [7, 11) is 1.48. The van der Waals surface area contributed by atoms with Crippen molar-refractivity contribution in [2.45, 2.75) is 26.2 Å². The van der Waals surface area contributed by atoms with Gasteiger partial charge in [0.25, 0.3) is 0 Å². The van der Waals surface area contributed by atoms with Crippen LogP contribution in [0, 0.1) is 11.3 Å². The second kappa shape index (κ2) is 7.79. The zero-order valence-electron chi connectivity index (χ0n) is 11.5. The monoisotopic (exact) mass is 275 g/mol. The summed E-state index contributed by atoms with van der Waals surface area (Å²) in [5.41, 5.74) is 1.06. The quantitative estimate of drug-likeness (QED) is 0.833. The predicted molar refractivity (Wildman–Crippen MR) is 75.4 cm³/mol. The van der Waals surface area contributed by atoms with E-state index >= 15 is 0 Å². The fourth-order valence-electron chi connectivity index (χ4n) is 1.59. The van der Waals surface area contributed by atoms with Gasteiger partial charge in [0.2, 0.25) is 11.8 Å². The second-order valence-corrected chi connectivity index (χ2v) is 4.10. The first kappa shape index (κ1) is 15.5. The lowest BCUT2D eigenvalue weighted by Gasteiger charge is -2.12. The Labute approximate surface area is 117 Å². The lowest BCUT2D eigenvalue weighted by atomic mass is 10.2. The molecule has 0 radical (unpaired) electrons. The average Bonchev–Trinajstić information content (AvgIpc) is 2.41. The SMILES string of the molecule is CCCC(=O)Nc1ccc(NC(=O)CC#N)cc1OC. The molecule has 6 nitrogen and oxygen atoms in total. The Morgan fingerprint density at radius 1 is 1.30 bits per heavy atom. The van der Waals surface area contributed by atoms with Gasteiger partial charge in [0.15, 0.2) is 0 Å². The summed E-state index contributed by atoms with van der Waals surface area (Å²) >= 11 is 0. The number of ether oxygens (including phenoxy) is 1. The standard InChI is InChI=1S/C14H17N3O3/c1-3-4-13(18)17-11-6-5-10(9-12(11)20-2)16-14(19)7-8-15/h5-6,9H,3-4,7H2,1-2H3,(H,16,19)(H,17,18). The van der Waals surface area contributed by atoms with Crippen molar-refractivity contribution in [2.24, 2.45) is 0 Å². The Balaban J connectivity index is 2.82. The van der Waals surface area contributed by atoms with Gasteiger partial charge in [0.1, 0.15) is 12.2 Å². The van der Waals surface area contributed by atoms with Crippen LogP contribution >= 0.6 is 0 Å². The molecule has 0 unspecified atom stereocenters.